The number of aromatic nitrogens is 2. The average molecular weight is 214 g/mol. The first-order valence-electron chi connectivity index (χ1n) is 5.68. The van der Waals surface area contributed by atoms with E-state index < -0.39 is 0 Å². The zero-order valence-electron chi connectivity index (χ0n) is 9.53. The maximum atomic E-state index is 5.04. The molecule has 16 heavy (non-hydrogen) atoms. The molecule has 0 amide bonds. The summed E-state index contributed by atoms with van der Waals surface area (Å²) in [6, 6.07) is 6.38. The van der Waals surface area contributed by atoms with Gasteiger partial charge in [-0.05, 0) is 29.9 Å². The van der Waals surface area contributed by atoms with E-state index in [2.05, 4.69) is 35.3 Å². The van der Waals surface area contributed by atoms with Crippen LogP contribution in [0.15, 0.2) is 22.7 Å². The van der Waals surface area contributed by atoms with E-state index in [1.54, 1.807) is 0 Å². The van der Waals surface area contributed by atoms with Gasteiger partial charge in [0.2, 0.25) is 11.7 Å². The number of hydrogen-bond acceptors (Lipinski definition) is 3. The first-order valence-corrected chi connectivity index (χ1v) is 5.68. The maximum absolute atomic E-state index is 5.04. The standard InChI is InChI=1S/C13H14N2O/c1-8-6-7-11-10(8)4-3-5-12(11)13-14-9(2)16-15-13/h3-5,8H,6-7H2,1-2H3/t8-/m0/s1. The smallest absolute Gasteiger partial charge is 0.223 e. The third-order valence-electron chi connectivity index (χ3n) is 3.34. The van der Waals surface area contributed by atoms with Crippen LogP contribution in [-0.4, -0.2) is 10.1 Å². The second-order valence-electron chi connectivity index (χ2n) is 4.45. The average Bonchev–Trinajstić information content (AvgIpc) is 2.86. The Labute approximate surface area is 94.5 Å². The van der Waals surface area contributed by atoms with Crippen molar-refractivity contribution < 1.29 is 4.52 Å². The van der Waals surface area contributed by atoms with Crippen LogP contribution in [0.2, 0.25) is 0 Å². The van der Waals surface area contributed by atoms with Gasteiger partial charge in [-0.3, -0.25) is 0 Å². The highest BCUT2D eigenvalue weighted by Crippen LogP contribution is 2.37. The number of aryl methyl sites for hydroxylation is 1. The number of fused-ring (bicyclic) bond motifs is 1. The molecule has 0 saturated carbocycles. The van der Waals surface area contributed by atoms with E-state index in [1.807, 2.05) is 6.92 Å². The molecule has 3 nitrogen and oxygen atoms in total. The molecule has 3 rings (SSSR count). The second kappa shape index (κ2) is 3.44. The summed E-state index contributed by atoms with van der Waals surface area (Å²) < 4.78 is 5.04. The summed E-state index contributed by atoms with van der Waals surface area (Å²) in [6.07, 6.45) is 2.35. The molecular formula is C13H14N2O. The van der Waals surface area contributed by atoms with Crippen molar-refractivity contribution in [1.82, 2.24) is 10.1 Å². The van der Waals surface area contributed by atoms with Crippen molar-refractivity contribution in [2.45, 2.75) is 32.6 Å². The van der Waals surface area contributed by atoms with Crippen LogP contribution in [0, 0.1) is 6.92 Å². The van der Waals surface area contributed by atoms with Crippen molar-refractivity contribution in [3.63, 3.8) is 0 Å². The Hall–Kier alpha value is -1.64. The Kier molecular flexibility index (Phi) is 2.06. The van der Waals surface area contributed by atoms with Gasteiger partial charge in [-0.1, -0.05) is 30.3 Å². The predicted octanol–water partition coefficient (Wildman–Crippen LogP) is 3.09. The highest BCUT2D eigenvalue weighted by Gasteiger charge is 2.22. The Morgan fingerprint density at radius 3 is 3.00 bits per heavy atom. The number of nitrogens with zero attached hydrogens (tertiary/aromatic N) is 2. The molecule has 0 N–H and O–H groups in total. The van der Waals surface area contributed by atoms with E-state index in [0.717, 1.165) is 17.8 Å². The quantitative estimate of drug-likeness (QED) is 0.732. The van der Waals surface area contributed by atoms with Crippen molar-refractivity contribution in [2.24, 2.45) is 0 Å². The van der Waals surface area contributed by atoms with Crippen molar-refractivity contribution in [3.8, 4) is 11.4 Å². The van der Waals surface area contributed by atoms with E-state index in [0.29, 0.717) is 11.8 Å². The monoisotopic (exact) mass is 214 g/mol. The highest BCUT2D eigenvalue weighted by atomic mass is 16.5. The molecular weight excluding hydrogens is 200 g/mol. The lowest BCUT2D eigenvalue weighted by molar-refractivity contribution is 0.394. The molecule has 0 aliphatic heterocycles. The van der Waals surface area contributed by atoms with Crippen LogP contribution in [0.5, 0.6) is 0 Å². The van der Waals surface area contributed by atoms with Crippen molar-refractivity contribution >= 4 is 0 Å². The molecule has 1 aromatic carbocycles. The summed E-state index contributed by atoms with van der Waals surface area (Å²) in [5, 5.41) is 4.00. The van der Waals surface area contributed by atoms with Gasteiger partial charge in [-0.25, -0.2) is 0 Å². The number of hydrogen-bond donors (Lipinski definition) is 0. The maximum Gasteiger partial charge on any atom is 0.223 e. The highest BCUT2D eigenvalue weighted by molar-refractivity contribution is 5.63. The van der Waals surface area contributed by atoms with E-state index in [9.17, 15) is 0 Å². The summed E-state index contributed by atoms with van der Waals surface area (Å²) >= 11 is 0. The zero-order chi connectivity index (χ0) is 11.1. The molecule has 0 saturated heterocycles. The molecule has 1 aliphatic rings. The van der Waals surface area contributed by atoms with Gasteiger partial charge in [0.1, 0.15) is 0 Å². The van der Waals surface area contributed by atoms with Gasteiger partial charge in [0.05, 0.1) is 0 Å². The van der Waals surface area contributed by atoms with E-state index >= 15 is 0 Å². The van der Waals surface area contributed by atoms with Crippen molar-refractivity contribution in [2.75, 3.05) is 0 Å². The molecule has 1 atom stereocenters. The lowest BCUT2D eigenvalue weighted by Crippen LogP contribution is -1.91. The van der Waals surface area contributed by atoms with Crippen LogP contribution in [0.4, 0.5) is 0 Å². The minimum Gasteiger partial charge on any atom is -0.339 e. The van der Waals surface area contributed by atoms with Crippen LogP contribution < -0.4 is 0 Å². The fourth-order valence-electron chi connectivity index (χ4n) is 2.48. The fraction of sp³-hybridized carbons (Fsp3) is 0.385. The van der Waals surface area contributed by atoms with Gasteiger partial charge in [0.15, 0.2) is 0 Å². The van der Waals surface area contributed by atoms with Gasteiger partial charge in [-0.2, -0.15) is 4.98 Å². The van der Waals surface area contributed by atoms with Crippen LogP contribution in [-0.2, 0) is 6.42 Å². The largest absolute Gasteiger partial charge is 0.339 e. The van der Waals surface area contributed by atoms with Crippen LogP contribution in [0.3, 0.4) is 0 Å². The Morgan fingerprint density at radius 2 is 2.25 bits per heavy atom. The first-order chi connectivity index (χ1) is 7.75. The van der Waals surface area contributed by atoms with Gasteiger partial charge in [-0.15, -0.1) is 0 Å². The van der Waals surface area contributed by atoms with Gasteiger partial charge in [0.25, 0.3) is 0 Å². The minimum atomic E-state index is 0.624. The summed E-state index contributed by atoms with van der Waals surface area (Å²) in [4.78, 5) is 4.31. The van der Waals surface area contributed by atoms with E-state index in [4.69, 9.17) is 4.52 Å². The molecule has 0 radical (unpaired) electrons. The minimum absolute atomic E-state index is 0.624. The Bertz CT molecular complexity index is 530. The molecule has 0 bridgehead atoms. The third kappa shape index (κ3) is 1.35. The van der Waals surface area contributed by atoms with Gasteiger partial charge < -0.3 is 4.52 Å². The molecule has 82 valence electrons. The fourth-order valence-corrected chi connectivity index (χ4v) is 2.48. The normalized spacial score (nSPS) is 18.8. The first kappa shape index (κ1) is 9.58. The van der Waals surface area contributed by atoms with Gasteiger partial charge in [0, 0.05) is 12.5 Å². The molecule has 1 aliphatic carbocycles. The van der Waals surface area contributed by atoms with Gasteiger partial charge >= 0.3 is 0 Å². The summed E-state index contributed by atoms with van der Waals surface area (Å²) in [6.45, 7) is 4.10. The van der Waals surface area contributed by atoms with E-state index in [-0.39, 0.29) is 0 Å². The molecule has 0 spiro atoms. The molecule has 3 heteroatoms. The predicted molar refractivity (Wildman–Crippen MR) is 61.2 cm³/mol. The molecule has 1 aromatic heterocycles. The molecule has 0 unspecified atom stereocenters. The zero-order valence-corrected chi connectivity index (χ0v) is 9.53. The SMILES string of the molecule is Cc1nc(-c2cccc3c2CC[C@@H]3C)no1. The lowest BCUT2D eigenvalue weighted by Gasteiger charge is -2.06. The third-order valence-corrected chi connectivity index (χ3v) is 3.34. The number of rotatable bonds is 1. The van der Waals surface area contributed by atoms with Crippen LogP contribution >= 0.6 is 0 Å². The Morgan fingerprint density at radius 1 is 1.38 bits per heavy atom. The van der Waals surface area contributed by atoms with E-state index in [1.165, 1.54) is 17.5 Å². The Balaban J connectivity index is 2.16. The molecule has 1 heterocycles. The molecule has 0 fully saturated rings. The summed E-state index contributed by atoms with van der Waals surface area (Å²) in [5.41, 5.74) is 3.98. The lowest BCUT2D eigenvalue weighted by atomic mass is 9.99. The van der Waals surface area contributed by atoms with Crippen LogP contribution in [0.1, 0.15) is 36.3 Å². The van der Waals surface area contributed by atoms with Crippen molar-refractivity contribution in [3.05, 3.63) is 35.2 Å². The summed E-state index contributed by atoms with van der Waals surface area (Å²) in [7, 11) is 0. The summed E-state index contributed by atoms with van der Waals surface area (Å²) in [5.74, 6) is 2.00. The number of benzene rings is 1. The molecule has 2 aromatic rings. The van der Waals surface area contributed by atoms with Crippen molar-refractivity contribution in [1.29, 1.82) is 0 Å². The van der Waals surface area contributed by atoms with Crippen LogP contribution in [0.25, 0.3) is 11.4 Å². The topological polar surface area (TPSA) is 38.9 Å². The second-order valence-corrected chi connectivity index (χ2v) is 4.45.